The van der Waals surface area contributed by atoms with Crippen LogP contribution in [0.4, 0.5) is 0 Å². The lowest BCUT2D eigenvalue weighted by atomic mass is 10.3. The number of carboxylic acids is 1. The zero-order chi connectivity index (χ0) is 14.1. The van der Waals surface area contributed by atoms with Crippen LogP contribution in [0.25, 0.3) is 0 Å². The highest BCUT2D eigenvalue weighted by atomic mass is 32.2. The van der Waals surface area contributed by atoms with Crippen LogP contribution in [0.2, 0.25) is 0 Å². The molecule has 7 nitrogen and oxygen atoms in total. The maximum Gasteiger partial charge on any atom is 0.347 e. The van der Waals surface area contributed by atoms with Crippen molar-refractivity contribution in [1.82, 2.24) is 4.31 Å². The van der Waals surface area contributed by atoms with Crippen molar-refractivity contribution in [1.29, 1.82) is 0 Å². The highest BCUT2D eigenvalue weighted by Crippen LogP contribution is 2.28. The van der Waals surface area contributed by atoms with Crippen LogP contribution in [0, 0.1) is 6.92 Å². The highest BCUT2D eigenvalue weighted by molar-refractivity contribution is 7.89. The van der Waals surface area contributed by atoms with E-state index in [0.717, 1.165) is 15.6 Å². The van der Waals surface area contributed by atoms with Gasteiger partial charge in [0, 0.05) is 7.05 Å². The second kappa shape index (κ2) is 5.04. The minimum atomic E-state index is -4.03. The Kier molecular flexibility index (Phi) is 4.09. The summed E-state index contributed by atoms with van der Waals surface area (Å²) in [7, 11) is -2.87. The van der Waals surface area contributed by atoms with Crippen molar-refractivity contribution in [2.45, 2.75) is 11.8 Å². The van der Waals surface area contributed by atoms with Gasteiger partial charge in [0.15, 0.2) is 0 Å². The fourth-order valence-electron chi connectivity index (χ4n) is 1.36. The van der Waals surface area contributed by atoms with Crippen molar-refractivity contribution in [3.05, 3.63) is 15.8 Å². The van der Waals surface area contributed by atoms with E-state index in [1.807, 2.05) is 0 Å². The molecule has 0 aromatic carbocycles. The molecule has 1 rings (SSSR count). The van der Waals surface area contributed by atoms with E-state index < -0.39 is 28.4 Å². The first-order valence-corrected chi connectivity index (χ1v) is 7.06. The summed E-state index contributed by atoms with van der Waals surface area (Å²) < 4.78 is 25.0. The number of aryl methyl sites for hydroxylation is 1. The van der Waals surface area contributed by atoms with Crippen LogP contribution in [0.3, 0.4) is 0 Å². The van der Waals surface area contributed by atoms with Crippen molar-refractivity contribution in [2.24, 2.45) is 5.73 Å². The number of carboxylic acid groups (broad SMARTS) is 1. The number of thiophene rings is 1. The molecule has 0 bridgehead atoms. The van der Waals surface area contributed by atoms with Crippen LogP contribution < -0.4 is 5.73 Å². The number of nitrogens with zero attached hydrogens (tertiary/aromatic N) is 1. The van der Waals surface area contributed by atoms with E-state index in [2.05, 4.69) is 0 Å². The van der Waals surface area contributed by atoms with Gasteiger partial charge in [-0.2, -0.15) is 4.31 Å². The number of hydrogen-bond donors (Lipinski definition) is 2. The summed E-state index contributed by atoms with van der Waals surface area (Å²) in [5, 5.41) is 10.4. The first kappa shape index (κ1) is 14.6. The predicted molar refractivity (Wildman–Crippen MR) is 65.0 cm³/mol. The van der Waals surface area contributed by atoms with E-state index in [4.69, 9.17) is 10.8 Å². The average Bonchev–Trinajstić information content (AvgIpc) is 2.59. The van der Waals surface area contributed by atoms with Gasteiger partial charge < -0.3 is 10.8 Å². The summed E-state index contributed by atoms with van der Waals surface area (Å²) in [6.07, 6.45) is 0. The van der Waals surface area contributed by atoms with Crippen molar-refractivity contribution >= 4 is 33.2 Å². The second-order valence-corrected chi connectivity index (χ2v) is 6.47. The third-order valence-electron chi connectivity index (χ3n) is 2.16. The van der Waals surface area contributed by atoms with Gasteiger partial charge in [-0.15, -0.1) is 11.3 Å². The number of nitrogens with two attached hydrogens (primary N) is 1. The van der Waals surface area contributed by atoms with Gasteiger partial charge in [-0.25, -0.2) is 13.2 Å². The maximum atomic E-state index is 12.1. The molecule has 0 radical (unpaired) electrons. The Morgan fingerprint density at radius 1 is 1.50 bits per heavy atom. The van der Waals surface area contributed by atoms with Crippen molar-refractivity contribution in [2.75, 3.05) is 13.6 Å². The minimum absolute atomic E-state index is 0.274. The van der Waals surface area contributed by atoms with Crippen molar-refractivity contribution in [3.8, 4) is 0 Å². The molecule has 0 unspecified atom stereocenters. The average molecular weight is 292 g/mol. The number of aromatic carboxylic acids is 1. The zero-order valence-electron chi connectivity index (χ0n) is 9.71. The number of hydrogen-bond acceptors (Lipinski definition) is 5. The Balaban J connectivity index is 3.32. The molecule has 9 heteroatoms. The molecule has 18 heavy (non-hydrogen) atoms. The molecule has 0 fully saturated rings. The molecule has 1 aromatic rings. The summed E-state index contributed by atoms with van der Waals surface area (Å²) in [5.74, 6) is -2.13. The minimum Gasteiger partial charge on any atom is -0.477 e. The van der Waals surface area contributed by atoms with E-state index in [1.54, 1.807) is 0 Å². The first-order valence-electron chi connectivity index (χ1n) is 4.74. The maximum absolute atomic E-state index is 12.1. The molecule has 0 saturated carbocycles. The lowest BCUT2D eigenvalue weighted by Crippen LogP contribution is -2.36. The smallest absolute Gasteiger partial charge is 0.347 e. The highest BCUT2D eigenvalue weighted by Gasteiger charge is 2.30. The van der Waals surface area contributed by atoms with Gasteiger partial charge in [-0.1, -0.05) is 0 Å². The number of carbonyl (C=O) groups is 2. The number of amides is 1. The lowest BCUT2D eigenvalue weighted by molar-refractivity contribution is -0.118. The quantitative estimate of drug-likeness (QED) is 0.783. The molecule has 0 aliphatic heterocycles. The fourth-order valence-corrected chi connectivity index (χ4v) is 4.07. The van der Waals surface area contributed by atoms with E-state index in [-0.39, 0.29) is 9.77 Å². The Morgan fingerprint density at radius 3 is 2.50 bits per heavy atom. The number of carbonyl (C=O) groups excluding carboxylic acids is 1. The van der Waals surface area contributed by atoms with E-state index in [1.165, 1.54) is 19.4 Å². The van der Waals surface area contributed by atoms with Crippen LogP contribution in [-0.4, -0.2) is 43.3 Å². The second-order valence-electron chi connectivity index (χ2n) is 3.61. The standard InChI is InChI=1S/C9H12N2O5S2/c1-5-4-17-7(9(13)14)8(5)18(15,16)11(2)3-6(10)12/h4H,3H2,1-2H3,(H2,10,12)(H,13,14). The van der Waals surface area contributed by atoms with Gasteiger partial charge in [0.1, 0.15) is 9.77 Å². The van der Waals surface area contributed by atoms with Gasteiger partial charge in [-0.05, 0) is 17.9 Å². The van der Waals surface area contributed by atoms with Gasteiger partial charge in [0.2, 0.25) is 15.9 Å². The number of likely N-dealkylation sites (N-methyl/N-ethyl adjacent to an activating group) is 1. The molecule has 1 heterocycles. The molecular weight excluding hydrogens is 280 g/mol. The van der Waals surface area contributed by atoms with Crippen LogP contribution in [0.15, 0.2) is 10.3 Å². The van der Waals surface area contributed by atoms with Crippen LogP contribution >= 0.6 is 11.3 Å². The molecule has 0 aliphatic carbocycles. The molecule has 1 aromatic heterocycles. The number of sulfonamides is 1. The Morgan fingerprint density at radius 2 is 2.06 bits per heavy atom. The molecule has 0 atom stereocenters. The molecule has 0 aliphatic rings. The number of primary amides is 1. The summed E-state index contributed by atoms with van der Waals surface area (Å²) in [6, 6.07) is 0. The Labute approximate surface area is 108 Å². The van der Waals surface area contributed by atoms with E-state index in [0.29, 0.717) is 5.56 Å². The molecule has 1 amide bonds. The molecule has 0 saturated heterocycles. The Bertz CT molecular complexity index is 590. The monoisotopic (exact) mass is 292 g/mol. The van der Waals surface area contributed by atoms with Gasteiger partial charge in [0.25, 0.3) is 0 Å². The number of rotatable bonds is 5. The largest absolute Gasteiger partial charge is 0.477 e. The van der Waals surface area contributed by atoms with Crippen molar-refractivity contribution in [3.63, 3.8) is 0 Å². The van der Waals surface area contributed by atoms with Crippen LogP contribution in [0.1, 0.15) is 15.2 Å². The SMILES string of the molecule is Cc1csc(C(=O)O)c1S(=O)(=O)N(C)CC(N)=O. The third kappa shape index (κ3) is 2.68. The predicted octanol–water partition coefficient (Wildman–Crippen LogP) is -0.139. The summed E-state index contributed by atoms with van der Waals surface area (Å²) >= 11 is 0.826. The van der Waals surface area contributed by atoms with Crippen LogP contribution in [0.5, 0.6) is 0 Å². The van der Waals surface area contributed by atoms with Gasteiger partial charge in [0.05, 0.1) is 6.54 Å². The molecule has 3 N–H and O–H groups in total. The van der Waals surface area contributed by atoms with Gasteiger partial charge >= 0.3 is 5.97 Å². The summed E-state index contributed by atoms with van der Waals surface area (Å²) in [5.41, 5.74) is 5.25. The zero-order valence-corrected chi connectivity index (χ0v) is 11.3. The van der Waals surface area contributed by atoms with Crippen molar-refractivity contribution < 1.29 is 23.1 Å². The summed E-state index contributed by atoms with van der Waals surface area (Å²) in [6.45, 7) is 0.991. The molecule has 0 spiro atoms. The normalized spacial score (nSPS) is 11.7. The topological polar surface area (TPSA) is 118 Å². The molecular formula is C9H12N2O5S2. The van der Waals surface area contributed by atoms with E-state index >= 15 is 0 Å². The Hall–Kier alpha value is -1.45. The van der Waals surface area contributed by atoms with Gasteiger partial charge in [-0.3, -0.25) is 4.79 Å². The van der Waals surface area contributed by atoms with Crippen LogP contribution in [-0.2, 0) is 14.8 Å². The third-order valence-corrected chi connectivity index (χ3v) is 5.37. The lowest BCUT2D eigenvalue weighted by Gasteiger charge is -2.15. The summed E-state index contributed by atoms with van der Waals surface area (Å²) in [4.78, 5) is 21.1. The first-order chi connectivity index (χ1) is 8.17. The fraction of sp³-hybridized carbons (Fsp3) is 0.333. The van der Waals surface area contributed by atoms with E-state index in [9.17, 15) is 18.0 Å². The molecule has 100 valence electrons.